The molecule has 0 aliphatic heterocycles. The number of aliphatic hydroxyl groups excluding tert-OH is 1. The number of nitrogens with zero attached hydrogens (tertiary/aromatic N) is 5. The third-order valence-electron chi connectivity index (χ3n) is 3.63. The molecule has 0 saturated heterocycles. The van der Waals surface area contributed by atoms with Crippen LogP contribution in [0.25, 0.3) is 17.0 Å². The molecule has 3 aromatic heterocycles. The fraction of sp³-hybridized carbons (Fsp3) is 0.412. The molecule has 0 amide bonds. The summed E-state index contributed by atoms with van der Waals surface area (Å²) in [5.41, 5.74) is 3.51. The van der Waals surface area contributed by atoms with E-state index in [-0.39, 0.29) is 6.61 Å². The van der Waals surface area contributed by atoms with E-state index in [9.17, 15) is 0 Å². The first kappa shape index (κ1) is 15.6. The number of rotatable bonds is 6. The van der Waals surface area contributed by atoms with Crippen molar-refractivity contribution in [1.82, 2.24) is 24.3 Å². The van der Waals surface area contributed by atoms with Crippen LogP contribution in [-0.4, -0.2) is 36.1 Å². The molecule has 0 atom stereocenters. The van der Waals surface area contributed by atoms with Crippen LogP contribution in [0.2, 0.25) is 0 Å². The monoisotopic (exact) mass is 311 g/mol. The van der Waals surface area contributed by atoms with Crippen LogP contribution in [0.15, 0.2) is 30.9 Å². The Morgan fingerprint density at radius 1 is 1.17 bits per heavy atom. The topological polar surface area (TPSA) is 76.2 Å². The summed E-state index contributed by atoms with van der Waals surface area (Å²) < 4.78 is 2.00. The first-order chi connectivity index (χ1) is 11.2. The van der Waals surface area contributed by atoms with E-state index >= 15 is 0 Å². The fourth-order valence-electron chi connectivity index (χ4n) is 2.59. The average molecular weight is 311 g/mol. The normalized spacial score (nSPS) is 11.5. The Hall–Kier alpha value is -2.34. The molecular formula is C17H21N5O. The van der Waals surface area contributed by atoms with E-state index in [1.54, 1.807) is 12.4 Å². The van der Waals surface area contributed by atoms with Gasteiger partial charge in [0.15, 0.2) is 5.65 Å². The van der Waals surface area contributed by atoms with E-state index in [1.165, 1.54) is 0 Å². The third kappa shape index (κ3) is 3.37. The number of aryl methyl sites for hydroxylation is 1. The highest BCUT2D eigenvalue weighted by molar-refractivity contribution is 5.61. The number of imidazole rings is 1. The van der Waals surface area contributed by atoms with Gasteiger partial charge in [-0.3, -0.25) is 9.38 Å². The Labute approximate surface area is 135 Å². The van der Waals surface area contributed by atoms with Crippen LogP contribution < -0.4 is 0 Å². The molecule has 120 valence electrons. The predicted octanol–water partition coefficient (Wildman–Crippen LogP) is 2.31. The molecule has 0 aliphatic carbocycles. The SMILES string of the molecule is CC(C)Cc1nccc(-c2cnc3c(CCCO)nccn23)n1. The van der Waals surface area contributed by atoms with Crippen molar-refractivity contribution in [2.24, 2.45) is 5.92 Å². The van der Waals surface area contributed by atoms with Crippen molar-refractivity contribution in [1.29, 1.82) is 0 Å². The van der Waals surface area contributed by atoms with Crippen LogP contribution in [0, 0.1) is 5.92 Å². The van der Waals surface area contributed by atoms with Gasteiger partial charge < -0.3 is 5.11 Å². The quantitative estimate of drug-likeness (QED) is 0.756. The molecule has 0 aliphatic rings. The molecule has 0 fully saturated rings. The highest BCUT2D eigenvalue weighted by Crippen LogP contribution is 2.20. The minimum Gasteiger partial charge on any atom is -0.396 e. The minimum atomic E-state index is 0.154. The summed E-state index contributed by atoms with van der Waals surface area (Å²) in [5, 5.41) is 9.01. The van der Waals surface area contributed by atoms with Gasteiger partial charge in [-0.2, -0.15) is 0 Å². The van der Waals surface area contributed by atoms with Crippen molar-refractivity contribution in [3.8, 4) is 11.4 Å². The van der Waals surface area contributed by atoms with Gasteiger partial charge in [0.1, 0.15) is 5.82 Å². The molecule has 0 bridgehead atoms. The van der Waals surface area contributed by atoms with Gasteiger partial charge in [0.2, 0.25) is 0 Å². The van der Waals surface area contributed by atoms with Crippen molar-refractivity contribution in [3.63, 3.8) is 0 Å². The molecule has 0 saturated carbocycles. The van der Waals surface area contributed by atoms with Gasteiger partial charge in [-0.05, 0) is 24.8 Å². The van der Waals surface area contributed by atoms with Crippen LogP contribution in [0.1, 0.15) is 31.8 Å². The molecule has 23 heavy (non-hydrogen) atoms. The summed E-state index contributed by atoms with van der Waals surface area (Å²) in [6.07, 6.45) is 9.52. The van der Waals surface area contributed by atoms with Gasteiger partial charge in [-0.25, -0.2) is 15.0 Å². The van der Waals surface area contributed by atoms with E-state index < -0.39 is 0 Å². The highest BCUT2D eigenvalue weighted by Gasteiger charge is 2.12. The molecule has 1 N–H and O–H groups in total. The van der Waals surface area contributed by atoms with E-state index in [2.05, 4.69) is 33.8 Å². The zero-order chi connectivity index (χ0) is 16.2. The van der Waals surface area contributed by atoms with Crippen LogP contribution >= 0.6 is 0 Å². The number of hydrogen-bond donors (Lipinski definition) is 1. The number of aromatic nitrogens is 5. The standard InChI is InChI=1S/C17H21N5O/c1-12(2)10-16-19-6-5-13(21-16)15-11-20-17-14(4-3-9-23)18-7-8-22(15)17/h5-8,11-12,23H,3-4,9-10H2,1-2H3. The summed E-state index contributed by atoms with van der Waals surface area (Å²) in [6, 6.07) is 1.90. The zero-order valence-corrected chi connectivity index (χ0v) is 13.5. The van der Waals surface area contributed by atoms with Gasteiger partial charge in [-0.1, -0.05) is 13.8 Å². The summed E-state index contributed by atoms with van der Waals surface area (Å²) >= 11 is 0. The van der Waals surface area contributed by atoms with Crippen molar-refractivity contribution < 1.29 is 5.11 Å². The van der Waals surface area contributed by atoms with Crippen LogP contribution in [-0.2, 0) is 12.8 Å². The molecule has 6 nitrogen and oxygen atoms in total. The first-order valence-electron chi connectivity index (χ1n) is 7.93. The predicted molar refractivity (Wildman–Crippen MR) is 88.0 cm³/mol. The van der Waals surface area contributed by atoms with Crippen LogP contribution in [0.5, 0.6) is 0 Å². The lowest BCUT2D eigenvalue weighted by Crippen LogP contribution is -2.02. The minimum absolute atomic E-state index is 0.154. The van der Waals surface area contributed by atoms with Crippen molar-refractivity contribution >= 4 is 5.65 Å². The number of hydrogen-bond acceptors (Lipinski definition) is 5. The maximum Gasteiger partial charge on any atom is 0.159 e. The lowest BCUT2D eigenvalue weighted by atomic mass is 10.1. The lowest BCUT2D eigenvalue weighted by Gasteiger charge is -2.06. The smallest absolute Gasteiger partial charge is 0.159 e. The highest BCUT2D eigenvalue weighted by atomic mass is 16.2. The largest absolute Gasteiger partial charge is 0.396 e. The second-order valence-electron chi connectivity index (χ2n) is 5.99. The van der Waals surface area contributed by atoms with Crippen molar-refractivity contribution in [3.05, 3.63) is 42.4 Å². The Morgan fingerprint density at radius 2 is 2.04 bits per heavy atom. The van der Waals surface area contributed by atoms with Gasteiger partial charge in [-0.15, -0.1) is 0 Å². The van der Waals surface area contributed by atoms with Gasteiger partial charge >= 0.3 is 0 Å². The lowest BCUT2D eigenvalue weighted by molar-refractivity contribution is 0.288. The van der Waals surface area contributed by atoms with E-state index in [1.807, 2.05) is 22.9 Å². The van der Waals surface area contributed by atoms with Gasteiger partial charge in [0.05, 0.1) is 23.3 Å². The maximum absolute atomic E-state index is 9.01. The first-order valence-corrected chi connectivity index (χ1v) is 7.93. The third-order valence-corrected chi connectivity index (χ3v) is 3.63. The molecule has 3 heterocycles. The molecule has 0 aromatic carbocycles. The van der Waals surface area contributed by atoms with Gasteiger partial charge in [0.25, 0.3) is 0 Å². The van der Waals surface area contributed by atoms with Crippen LogP contribution in [0.3, 0.4) is 0 Å². The Morgan fingerprint density at radius 3 is 2.83 bits per heavy atom. The van der Waals surface area contributed by atoms with E-state index in [4.69, 9.17) is 5.11 Å². The Balaban J connectivity index is 2.00. The second-order valence-corrected chi connectivity index (χ2v) is 5.99. The molecule has 6 heteroatoms. The van der Waals surface area contributed by atoms with E-state index in [0.717, 1.165) is 35.0 Å². The van der Waals surface area contributed by atoms with Crippen LogP contribution in [0.4, 0.5) is 0 Å². The average Bonchev–Trinajstić information content (AvgIpc) is 2.97. The summed E-state index contributed by atoms with van der Waals surface area (Å²) in [5.74, 6) is 1.36. The second kappa shape index (κ2) is 6.83. The Kier molecular flexibility index (Phi) is 4.62. The van der Waals surface area contributed by atoms with Crippen molar-refractivity contribution in [2.75, 3.05) is 6.61 Å². The molecular weight excluding hydrogens is 290 g/mol. The number of aliphatic hydroxyl groups is 1. The summed E-state index contributed by atoms with van der Waals surface area (Å²) in [6.45, 7) is 4.47. The summed E-state index contributed by atoms with van der Waals surface area (Å²) in [7, 11) is 0. The van der Waals surface area contributed by atoms with Crippen molar-refractivity contribution in [2.45, 2.75) is 33.1 Å². The fourth-order valence-corrected chi connectivity index (χ4v) is 2.59. The van der Waals surface area contributed by atoms with E-state index in [0.29, 0.717) is 18.8 Å². The molecule has 0 radical (unpaired) electrons. The molecule has 3 aromatic rings. The molecule has 3 rings (SSSR count). The molecule has 0 spiro atoms. The maximum atomic E-state index is 9.01. The molecule has 0 unspecified atom stereocenters. The zero-order valence-electron chi connectivity index (χ0n) is 13.5. The number of fused-ring (bicyclic) bond motifs is 1. The summed E-state index contributed by atoms with van der Waals surface area (Å²) in [4.78, 5) is 17.9. The Bertz CT molecular complexity index is 797. The van der Waals surface area contributed by atoms with Gasteiger partial charge in [0, 0.05) is 31.6 Å².